The molecule has 6 rings (SSSR count). The Morgan fingerprint density at radius 2 is 1.67 bits per heavy atom. The lowest BCUT2D eigenvalue weighted by atomic mass is 9.89. The summed E-state index contributed by atoms with van der Waals surface area (Å²) in [7, 11) is -3.98. The van der Waals surface area contributed by atoms with Crippen LogP contribution in [0.25, 0.3) is 0 Å². The van der Waals surface area contributed by atoms with Gasteiger partial charge in [0.05, 0.1) is 36.0 Å². The summed E-state index contributed by atoms with van der Waals surface area (Å²) in [4.78, 5) is 40.7. The number of carbonyl (C=O) groups is 3. The van der Waals surface area contributed by atoms with Gasteiger partial charge in [0.2, 0.25) is 21.8 Å². The SMILES string of the molecule is CC(=O)NNC(=O)C[C@H]1O[C@H](c2cccc(Cl)c2)[C@@H](c2ccc(Cl)cc2)N(C(CN(c2ccccc2F)S(=O)(=O)C2CC2)C2CC2)C1=O. The standard InChI is InChI=1S/C34H35Cl2FN4O6S/c1-20(42)38-39-31(43)18-30-34(44)41(32(22-11-13-24(35)14-12-22)33(47-30)23-5-4-6-25(36)17-23)29(21-9-10-21)19-40(48(45,46)26-15-16-26)28-8-3-2-7-27(28)37/h2-8,11-14,17,21,26,29-30,32-33H,9-10,15-16,18-19H2,1H3,(H,38,42)(H,39,43)/t29?,30-,32-,33-/m1/s1. The fraction of sp³-hybridized carbons (Fsp3) is 0.382. The van der Waals surface area contributed by atoms with Gasteiger partial charge in [0.15, 0.2) is 0 Å². The molecule has 254 valence electrons. The van der Waals surface area contributed by atoms with E-state index in [1.807, 2.05) is 0 Å². The van der Waals surface area contributed by atoms with Crippen LogP contribution in [-0.4, -0.2) is 55.0 Å². The Labute approximate surface area is 288 Å². The van der Waals surface area contributed by atoms with Gasteiger partial charge in [0.1, 0.15) is 18.0 Å². The summed E-state index contributed by atoms with van der Waals surface area (Å²) in [6, 6.07) is 18.1. The van der Waals surface area contributed by atoms with Gasteiger partial charge in [-0.15, -0.1) is 0 Å². The fourth-order valence-electron chi connectivity index (χ4n) is 6.24. The number of morpholine rings is 1. The van der Waals surface area contributed by atoms with E-state index in [0.29, 0.717) is 46.9 Å². The molecule has 2 N–H and O–H groups in total. The highest BCUT2D eigenvalue weighted by Crippen LogP contribution is 2.49. The van der Waals surface area contributed by atoms with Crippen LogP contribution in [0, 0.1) is 11.7 Å². The van der Waals surface area contributed by atoms with E-state index in [4.69, 9.17) is 27.9 Å². The van der Waals surface area contributed by atoms with Crippen molar-refractivity contribution < 1.29 is 31.9 Å². The Bertz CT molecular complexity index is 1800. The van der Waals surface area contributed by atoms with Crippen LogP contribution in [0.4, 0.5) is 10.1 Å². The number of rotatable bonds is 11. The molecule has 4 atom stereocenters. The van der Waals surface area contributed by atoms with E-state index in [1.54, 1.807) is 59.5 Å². The summed E-state index contributed by atoms with van der Waals surface area (Å²) < 4.78 is 50.9. The van der Waals surface area contributed by atoms with Gasteiger partial charge in [-0.2, -0.15) is 0 Å². The van der Waals surface area contributed by atoms with Crippen LogP contribution in [0.2, 0.25) is 10.0 Å². The highest BCUT2D eigenvalue weighted by molar-refractivity contribution is 7.93. The first kappa shape index (κ1) is 34.2. The zero-order valence-electron chi connectivity index (χ0n) is 26.0. The topological polar surface area (TPSA) is 125 Å². The van der Waals surface area contributed by atoms with Crippen molar-refractivity contribution >= 4 is 56.6 Å². The Hall–Kier alpha value is -3.71. The Balaban J connectivity index is 1.48. The van der Waals surface area contributed by atoms with Gasteiger partial charge in [-0.3, -0.25) is 29.5 Å². The zero-order valence-corrected chi connectivity index (χ0v) is 28.3. The number of para-hydroxylation sites is 1. The molecule has 1 unspecified atom stereocenters. The molecule has 3 aromatic carbocycles. The molecular formula is C34H35Cl2FN4O6S. The normalized spacial score (nSPS) is 21.8. The van der Waals surface area contributed by atoms with Gasteiger partial charge in [0.25, 0.3) is 5.91 Å². The molecule has 3 aliphatic rings. The molecular weight excluding hydrogens is 682 g/mol. The largest absolute Gasteiger partial charge is 0.357 e. The number of halogens is 3. The molecule has 14 heteroatoms. The van der Waals surface area contributed by atoms with Gasteiger partial charge in [-0.1, -0.05) is 59.6 Å². The van der Waals surface area contributed by atoms with Crippen molar-refractivity contribution in [2.75, 3.05) is 10.8 Å². The fourth-order valence-corrected chi connectivity index (χ4v) is 8.43. The van der Waals surface area contributed by atoms with Crippen molar-refractivity contribution in [1.82, 2.24) is 15.8 Å². The number of hydrogen-bond donors (Lipinski definition) is 2. The van der Waals surface area contributed by atoms with Crippen molar-refractivity contribution in [3.05, 3.63) is 99.8 Å². The first-order valence-corrected chi connectivity index (χ1v) is 18.0. The third-order valence-electron chi connectivity index (χ3n) is 8.82. The van der Waals surface area contributed by atoms with Gasteiger partial charge in [-0.25, -0.2) is 12.8 Å². The van der Waals surface area contributed by atoms with Crippen LogP contribution < -0.4 is 15.2 Å². The van der Waals surface area contributed by atoms with Crippen LogP contribution in [0.3, 0.4) is 0 Å². The molecule has 1 heterocycles. The number of anilines is 1. The highest BCUT2D eigenvalue weighted by Gasteiger charge is 2.52. The Morgan fingerprint density at radius 3 is 2.29 bits per heavy atom. The maximum Gasteiger partial charge on any atom is 0.253 e. The van der Waals surface area contributed by atoms with E-state index in [2.05, 4.69) is 10.9 Å². The van der Waals surface area contributed by atoms with E-state index in [0.717, 1.165) is 4.31 Å². The quantitative estimate of drug-likeness (QED) is 0.254. The van der Waals surface area contributed by atoms with Gasteiger partial charge < -0.3 is 9.64 Å². The molecule has 3 fully saturated rings. The van der Waals surface area contributed by atoms with Crippen LogP contribution in [-0.2, 0) is 29.1 Å². The van der Waals surface area contributed by atoms with Crippen molar-refractivity contribution in [2.45, 2.75) is 68.6 Å². The number of carbonyl (C=O) groups excluding carboxylic acids is 3. The minimum atomic E-state index is -3.98. The molecule has 2 saturated carbocycles. The third kappa shape index (κ3) is 7.46. The summed E-state index contributed by atoms with van der Waals surface area (Å²) in [6.45, 7) is 1.03. The molecule has 1 aliphatic heterocycles. The van der Waals surface area contributed by atoms with Crippen LogP contribution in [0.1, 0.15) is 62.3 Å². The molecule has 2 aliphatic carbocycles. The van der Waals surface area contributed by atoms with Crippen LogP contribution in [0.5, 0.6) is 0 Å². The van der Waals surface area contributed by atoms with E-state index < -0.39 is 69.5 Å². The number of ether oxygens (including phenoxy) is 1. The van der Waals surface area contributed by atoms with E-state index in [9.17, 15) is 22.8 Å². The van der Waals surface area contributed by atoms with Crippen LogP contribution in [0.15, 0.2) is 72.8 Å². The molecule has 0 spiro atoms. The smallest absolute Gasteiger partial charge is 0.253 e. The van der Waals surface area contributed by atoms with Gasteiger partial charge in [-0.05, 0) is 79.1 Å². The molecule has 3 aromatic rings. The minimum Gasteiger partial charge on any atom is -0.357 e. The van der Waals surface area contributed by atoms with Gasteiger partial charge in [0, 0.05) is 17.0 Å². The zero-order chi connectivity index (χ0) is 34.2. The Morgan fingerprint density at radius 1 is 0.958 bits per heavy atom. The molecule has 0 radical (unpaired) electrons. The average Bonchev–Trinajstić information content (AvgIpc) is 3.96. The molecule has 0 bridgehead atoms. The predicted octanol–water partition coefficient (Wildman–Crippen LogP) is 5.48. The number of benzene rings is 3. The number of hydrogen-bond acceptors (Lipinski definition) is 6. The number of nitrogens with one attached hydrogen (secondary N) is 2. The lowest BCUT2D eigenvalue weighted by Gasteiger charge is -2.49. The lowest BCUT2D eigenvalue weighted by molar-refractivity contribution is -0.181. The first-order valence-electron chi connectivity index (χ1n) is 15.7. The van der Waals surface area contributed by atoms with Crippen molar-refractivity contribution in [2.24, 2.45) is 5.92 Å². The first-order chi connectivity index (χ1) is 22.9. The highest BCUT2D eigenvalue weighted by atomic mass is 35.5. The number of hydrazine groups is 1. The van der Waals surface area contributed by atoms with E-state index in [-0.39, 0.29) is 18.2 Å². The molecule has 1 saturated heterocycles. The van der Waals surface area contributed by atoms with Crippen LogP contribution >= 0.6 is 23.2 Å². The van der Waals surface area contributed by atoms with Crippen molar-refractivity contribution in [3.63, 3.8) is 0 Å². The molecule has 3 amide bonds. The van der Waals surface area contributed by atoms with Crippen molar-refractivity contribution in [1.29, 1.82) is 0 Å². The van der Waals surface area contributed by atoms with Crippen molar-refractivity contribution in [3.8, 4) is 0 Å². The van der Waals surface area contributed by atoms with E-state index in [1.165, 1.54) is 25.1 Å². The maximum absolute atomic E-state index is 15.4. The molecule has 48 heavy (non-hydrogen) atoms. The number of sulfonamides is 1. The maximum atomic E-state index is 15.4. The summed E-state index contributed by atoms with van der Waals surface area (Å²) in [5.41, 5.74) is 5.71. The summed E-state index contributed by atoms with van der Waals surface area (Å²) in [5, 5.41) is 0.253. The number of amides is 3. The second-order valence-corrected chi connectivity index (χ2v) is 15.4. The Kier molecular flexibility index (Phi) is 9.98. The average molecular weight is 718 g/mol. The summed E-state index contributed by atoms with van der Waals surface area (Å²) in [6.07, 6.45) is -0.242. The van der Waals surface area contributed by atoms with Gasteiger partial charge >= 0.3 is 0 Å². The van der Waals surface area contributed by atoms with E-state index >= 15 is 4.39 Å². The summed E-state index contributed by atoms with van der Waals surface area (Å²) >= 11 is 12.7. The second kappa shape index (κ2) is 14.0. The molecule has 0 aromatic heterocycles. The monoisotopic (exact) mass is 716 g/mol. The lowest BCUT2D eigenvalue weighted by Crippen LogP contribution is -2.59. The number of nitrogens with zero attached hydrogens (tertiary/aromatic N) is 2. The predicted molar refractivity (Wildman–Crippen MR) is 179 cm³/mol. The second-order valence-electron chi connectivity index (χ2n) is 12.4. The minimum absolute atomic E-state index is 0.0866. The summed E-state index contributed by atoms with van der Waals surface area (Å²) in [5.74, 6) is -2.51. The molecule has 10 nitrogen and oxygen atoms in total. The third-order valence-corrected chi connectivity index (χ3v) is 11.6.